The average molecular weight is 245 g/mol. The minimum atomic E-state index is -0.203. The van der Waals surface area contributed by atoms with Crippen molar-refractivity contribution in [3.8, 4) is 6.07 Å². The maximum atomic E-state index is 9.88. The summed E-state index contributed by atoms with van der Waals surface area (Å²) in [7, 11) is 0. The molecule has 1 aromatic carbocycles. The van der Waals surface area contributed by atoms with E-state index in [1.54, 1.807) is 12.1 Å². The largest absolute Gasteiger partial charge is 0.397 e. The van der Waals surface area contributed by atoms with Gasteiger partial charge in [0, 0.05) is 12.5 Å². The highest BCUT2D eigenvalue weighted by molar-refractivity contribution is 5.68. The summed E-state index contributed by atoms with van der Waals surface area (Å²) in [6.45, 7) is 0.733. The van der Waals surface area contributed by atoms with Crippen molar-refractivity contribution >= 4 is 11.4 Å². The first-order valence-corrected chi connectivity index (χ1v) is 6.42. The van der Waals surface area contributed by atoms with Crippen LogP contribution in [0.1, 0.15) is 31.2 Å². The first kappa shape index (κ1) is 12.7. The summed E-state index contributed by atoms with van der Waals surface area (Å²) >= 11 is 0. The maximum absolute atomic E-state index is 9.88. The van der Waals surface area contributed by atoms with Gasteiger partial charge in [0.05, 0.1) is 29.1 Å². The van der Waals surface area contributed by atoms with E-state index in [2.05, 4.69) is 11.4 Å². The predicted molar refractivity (Wildman–Crippen MR) is 72.0 cm³/mol. The predicted octanol–water partition coefficient (Wildman–Crippen LogP) is 2.10. The fourth-order valence-corrected chi connectivity index (χ4v) is 2.46. The Hall–Kier alpha value is -1.73. The molecule has 4 nitrogen and oxygen atoms in total. The molecule has 1 aliphatic rings. The van der Waals surface area contributed by atoms with Gasteiger partial charge in [-0.05, 0) is 31.0 Å². The highest BCUT2D eigenvalue weighted by atomic mass is 16.3. The van der Waals surface area contributed by atoms with Crippen molar-refractivity contribution in [2.45, 2.75) is 31.8 Å². The average Bonchev–Trinajstić information content (AvgIpc) is 2.39. The summed E-state index contributed by atoms with van der Waals surface area (Å²) in [6, 6.07) is 7.29. The van der Waals surface area contributed by atoms with Crippen molar-refractivity contribution < 1.29 is 5.11 Å². The van der Waals surface area contributed by atoms with Gasteiger partial charge in [-0.3, -0.25) is 0 Å². The summed E-state index contributed by atoms with van der Waals surface area (Å²) in [6.07, 6.45) is 4.06. The van der Waals surface area contributed by atoms with Crippen LogP contribution in [0.25, 0.3) is 0 Å². The number of benzene rings is 1. The molecular weight excluding hydrogens is 226 g/mol. The topological polar surface area (TPSA) is 82.1 Å². The summed E-state index contributed by atoms with van der Waals surface area (Å²) in [5, 5.41) is 21.9. The van der Waals surface area contributed by atoms with Crippen LogP contribution >= 0.6 is 0 Å². The van der Waals surface area contributed by atoms with Gasteiger partial charge in [0.2, 0.25) is 0 Å². The number of anilines is 2. The summed E-state index contributed by atoms with van der Waals surface area (Å²) in [5.41, 5.74) is 7.86. The van der Waals surface area contributed by atoms with Gasteiger partial charge in [0.1, 0.15) is 0 Å². The number of nitrogens with two attached hydrogens (primary N) is 1. The molecule has 0 amide bonds. The first-order chi connectivity index (χ1) is 8.70. The number of hydrogen-bond donors (Lipinski definition) is 3. The summed E-state index contributed by atoms with van der Waals surface area (Å²) in [4.78, 5) is 0. The molecule has 2 atom stereocenters. The quantitative estimate of drug-likeness (QED) is 0.712. The molecule has 96 valence electrons. The molecular formula is C14H19N3O. The Morgan fingerprint density at radius 2 is 2.17 bits per heavy atom. The maximum Gasteiger partial charge on any atom is 0.0992 e. The molecule has 0 aliphatic heterocycles. The third-order valence-corrected chi connectivity index (χ3v) is 3.60. The Morgan fingerprint density at radius 1 is 1.39 bits per heavy atom. The number of aliphatic hydroxyl groups is 1. The molecule has 18 heavy (non-hydrogen) atoms. The number of rotatable bonds is 3. The number of nitrogens with zero attached hydrogens (tertiary/aromatic N) is 1. The van der Waals surface area contributed by atoms with Crippen LogP contribution in [0.5, 0.6) is 0 Å². The lowest BCUT2D eigenvalue weighted by atomic mass is 9.86. The lowest BCUT2D eigenvalue weighted by Gasteiger charge is -2.28. The van der Waals surface area contributed by atoms with Crippen LogP contribution in [0.15, 0.2) is 18.2 Å². The van der Waals surface area contributed by atoms with E-state index in [1.807, 2.05) is 6.07 Å². The van der Waals surface area contributed by atoms with Crippen LogP contribution in [0, 0.1) is 17.2 Å². The van der Waals surface area contributed by atoms with Crippen molar-refractivity contribution in [3.05, 3.63) is 23.8 Å². The van der Waals surface area contributed by atoms with E-state index in [0.29, 0.717) is 17.2 Å². The molecule has 1 fully saturated rings. The molecule has 0 bridgehead atoms. The van der Waals surface area contributed by atoms with Gasteiger partial charge in [0.25, 0.3) is 0 Å². The second-order valence-electron chi connectivity index (χ2n) is 4.91. The van der Waals surface area contributed by atoms with E-state index >= 15 is 0 Å². The Bertz CT molecular complexity index is 453. The van der Waals surface area contributed by atoms with Gasteiger partial charge >= 0.3 is 0 Å². The first-order valence-electron chi connectivity index (χ1n) is 6.42. The van der Waals surface area contributed by atoms with Crippen LogP contribution in [0.2, 0.25) is 0 Å². The molecule has 0 aromatic heterocycles. The molecule has 0 spiro atoms. The van der Waals surface area contributed by atoms with E-state index in [1.165, 1.54) is 6.42 Å². The molecule has 1 saturated carbocycles. The lowest BCUT2D eigenvalue weighted by molar-refractivity contribution is 0.0763. The molecule has 1 aliphatic carbocycles. The highest BCUT2D eigenvalue weighted by Gasteiger charge is 2.22. The Balaban J connectivity index is 1.95. The van der Waals surface area contributed by atoms with Crippen LogP contribution in [-0.2, 0) is 0 Å². The zero-order valence-electron chi connectivity index (χ0n) is 10.4. The van der Waals surface area contributed by atoms with Gasteiger partial charge in [-0.25, -0.2) is 0 Å². The minimum absolute atomic E-state index is 0.203. The van der Waals surface area contributed by atoms with Crippen molar-refractivity contribution in [3.63, 3.8) is 0 Å². The van der Waals surface area contributed by atoms with E-state index in [0.717, 1.165) is 31.5 Å². The number of nitrogen functional groups attached to an aromatic ring is 1. The summed E-state index contributed by atoms with van der Waals surface area (Å²) < 4.78 is 0. The lowest BCUT2D eigenvalue weighted by Crippen LogP contribution is -2.30. The molecule has 0 saturated heterocycles. The normalized spacial score (nSPS) is 23.3. The van der Waals surface area contributed by atoms with Crippen LogP contribution in [-0.4, -0.2) is 17.8 Å². The van der Waals surface area contributed by atoms with Crippen molar-refractivity contribution in [2.24, 2.45) is 5.92 Å². The van der Waals surface area contributed by atoms with E-state index in [4.69, 9.17) is 11.0 Å². The van der Waals surface area contributed by atoms with E-state index < -0.39 is 0 Å². The number of aliphatic hydroxyl groups excluding tert-OH is 1. The molecule has 2 unspecified atom stereocenters. The van der Waals surface area contributed by atoms with Gasteiger partial charge in [-0.1, -0.05) is 12.8 Å². The van der Waals surface area contributed by atoms with Gasteiger partial charge in [-0.15, -0.1) is 0 Å². The van der Waals surface area contributed by atoms with Crippen LogP contribution in [0.3, 0.4) is 0 Å². The molecule has 0 radical (unpaired) electrons. The van der Waals surface area contributed by atoms with Crippen molar-refractivity contribution in [1.82, 2.24) is 0 Å². The smallest absolute Gasteiger partial charge is 0.0992 e. The SMILES string of the molecule is N#Cc1ccc(NCC2CCCCC2O)c(N)c1. The Morgan fingerprint density at radius 3 is 2.83 bits per heavy atom. The molecule has 0 heterocycles. The second-order valence-corrected chi connectivity index (χ2v) is 4.91. The van der Waals surface area contributed by atoms with Crippen molar-refractivity contribution in [1.29, 1.82) is 5.26 Å². The summed E-state index contributed by atoms with van der Waals surface area (Å²) in [5.74, 6) is 0.300. The Labute approximate surface area is 107 Å². The van der Waals surface area contributed by atoms with Gasteiger partial charge in [0.15, 0.2) is 0 Å². The van der Waals surface area contributed by atoms with E-state index in [9.17, 15) is 5.11 Å². The number of nitriles is 1. The van der Waals surface area contributed by atoms with Crippen LogP contribution < -0.4 is 11.1 Å². The fourth-order valence-electron chi connectivity index (χ4n) is 2.46. The second kappa shape index (κ2) is 5.74. The molecule has 4 N–H and O–H groups in total. The number of nitrogens with one attached hydrogen (secondary N) is 1. The third kappa shape index (κ3) is 2.93. The van der Waals surface area contributed by atoms with Gasteiger partial charge in [-0.2, -0.15) is 5.26 Å². The standard InChI is InChI=1S/C14H19N3O/c15-8-10-5-6-13(12(16)7-10)17-9-11-3-1-2-4-14(11)18/h5-7,11,14,17-18H,1-4,9,16H2. The zero-order valence-corrected chi connectivity index (χ0v) is 10.4. The fraction of sp³-hybridized carbons (Fsp3) is 0.500. The highest BCUT2D eigenvalue weighted by Crippen LogP contribution is 2.26. The minimum Gasteiger partial charge on any atom is -0.397 e. The van der Waals surface area contributed by atoms with E-state index in [-0.39, 0.29) is 6.10 Å². The third-order valence-electron chi connectivity index (χ3n) is 3.60. The zero-order chi connectivity index (χ0) is 13.0. The van der Waals surface area contributed by atoms with Crippen molar-refractivity contribution in [2.75, 3.05) is 17.6 Å². The molecule has 1 aromatic rings. The van der Waals surface area contributed by atoms with Gasteiger partial charge < -0.3 is 16.2 Å². The number of hydrogen-bond acceptors (Lipinski definition) is 4. The van der Waals surface area contributed by atoms with Crippen LogP contribution in [0.4, 0.5) is 11.4 Å². The molecule has 4 heteroatoms. The monoisotopic (exact) mass is 245 g/mol. The Kier molecular flexibility index (Phi) is 4.06. The molecule has 2 rings (SSSR count).